The normalized spacial score (nSPS) is 20.1. The second-order valence-corrected chi connectivity index (χ2v) is 6.58. The molecule has 0 saturated heterocycles. The van der Waals surface area contributed by atoms with Crippen LogP contribution in [0.2, 0.25) is 0 Å². The van der Waals surface area contributed by atoms with Crippen molar-refractivity contribution in [3.63, 3.8) is 0 Å². The number of carbonyl (C=O) groups is 1. The van der Waals surface area contributed by atoms with Crippen LogP contribution in [0.15, 0.2) is 18.2 Å². The molecule has 0 bridgehead atoms. The van der Waals surface area contributed by atoms with Crippen molar-refractivity contribution in [1.82, 2.24) is 25.5 Å². The highest BCUT2D eigenvalue weighted by Crippen LogP contribution is 2.27. The summed E-state index contributed by atoms with van der Waals surface area (Å²) in [7, 11) is 1.59. The van der Waals surface area contributed by atoms with Gasteiger partial charge >= 0.3 is 6.03 Å². The van der Waals surface area contributed by atoms with Crippen LogP contribution in [0.3, 0.4) is 0 Å². The van der Waals surface area contributed by atoms with E-state index in [2.05, 4.69) is 33.1 Å². The van der Waals surface area contributed by atoms with Crippen molar-refractivity contribution in [1.29, 1.82) is 0 Å². The predicted octanol–water partition coefficient (Wildman–Crippen LogP) is 2.68. The molecular weight excluding hydrogens is 320 g/mol. The van der Waals surface area contributed by atoms with Crippen LogP contribution in [-0.2, 0) is 0 Å². The van der Waals surface area contributed by atoms with Gasteiger partial charge in [-0.25, -0.2) is 4.79 Å². The number of nitrogens with zero attached hydrogens (tertiary/aromatic N) is 4. The number of nitrogens with one attached hydrogen (secondary N) is 2. The molecule has 0 spiro atoms. The summed E-state index contributed by atoms with van der Waals surface area (Å²) in [5.74, 6) is 2.02. The van der Waals surface area contributed by atoms with Crippen molar-refractivity contribution < 1.29 is 9.53 Å². The maximum absolute atomic E-state index is 12.3. The first-order valence-electron chi connectivity index (χ1n) is 8.57. The number of tetrazole rings is 1. The summed E-state index contributed by atoms with van der Waals surface area (Å²) in [5, 5.41) is 17.4. The van der Waals surface area contributed by atoms with E-state index in [4.69, 9.17) is 4.74 Å². The molecule has 8 heteroatoms. The average molecular weight is 344 g/mol. The van der Waals surface area contributed by atoms with E-state index in [1.165, 1.54) is 0 Å². The number of carbonyl (C=O) groups excluding carboxylic acids is 1. The molecule has 0 radical (unpaired) electrons. The van der Waals surface area contributed by atoms with Crippen LogP contribution in [0, 0.1) is 12.8 Å². The lowest BCUT2D eigenvalue weighted by atomic mass is 9.87. The molecule has 1 heterocycles. The van der Waals surface area contributed by atoms with E-state index >= 15 is 0 Å². The minimum atomic E-state index is -0.191. The maximum atomic E-state index is 12.3. The molecule has 2 N–H and O–H groups in total. The van der Waals surface area contributed by atoms with E-state index in [0.717, 1.165) is 31.6 Å². The highest BCUT2D eigenvalue weighted by Gasteiger charge is 2.20. The summed E-state index contributed by atoms with van der Waals surface area (Å²) in [6.45, 7) is 4.06. The third-order valence-electron chi connectivity index (χ3n) is 4.64. The maximum Gasteiger partial charge on any atom is 0.319 e. The number of anilines is 1. The van der Waals surface area contributed by atoms with Crippen molar-refractivity contribution in [3.05, 3.63) is 24.0 Å². The first kappa shape index (κ1) is 17.2. The third kappa shape index (κ3) is 4.07. The Morgan fingerprint density at radius 1 is 1.28 bits per heavy atom. The fraction of sp³-hybridized carbons (Fsp3) is 0.529. The van der Waals surface area contributed by atoms with Gasteiger partial charge in [-0.3, -0.25) is 0 Å². The summed E-state index contributed by atoms with van der Waals surface area (Å²) < 4.78 is 6.94. The molecule has 134 valence electrons. The van der Waals surface area contributed by atoms with Gasteiger partial charge in [0.25, 0.3) is 0 Å². The summed E-state index contributed by atoms with van der Waals surface area (Å²) >= 11 is 0. The summed E-state index contributed by atoms with van der Waals surface area (Å²) in [5.41, 5.74) is 1.33. The number of urea groups is 1. The molecule has 1 saturated carbocycles. The molecule has 8 nitrogen and oxygen atoms in total. The predicted molar refractivity (Wildman–Crippen MR) is 94.0 cm³/mol. The zero-order valence-corrected chi connectivity index (χ0v) is 14.8. The molecule has 2 aromatic rings. The highest BCUT2D eigenvalue weighted by atomic mass is 16.5. The Morgan fingerprint density at radius 2 is 2.04 bits per heavy atom. The summed E-state index contributed by atoms with van der Waals surface area (Å²) in [4.78, 5) is 12.3. The van der Waals surface area contributed by atoms with Gasteiger partial charge in [0.05, 0.1) is 7.11 Å². The zero-order chi connectivity index (χ0) is 17.8. The number of rotatable bonds is 4. The van der Waals surface area contributed by atoms with Gasteiger partial charge in [-0.05, 0) is 67.2 Å². The van der Waals surface area contributed by atoms with Crippen LogP contribution < -0.4 is 15.4 Å². The van der Waals surface area contributed by atoms with Crippen molar-refractivity contribution in [2.24, 2.45) is 5.92 Å². The molecule has 0 aliphatic heterocycles. The standard InChI is InChI=1S/C17H24N6O2/c1-11-4-6-13(7-5-11)18-17(24)19-14-8-9-16(25-3)15(10-14)23-12(2)20-21-22-23/h8-11,13H,4-7H2,1-3H3,(H2,18,19,24). The highest BCUT2D eigenvalue weighted by molar-refractivity contribution is 5.90. The van der Waals surface area contributed by atoms with Crippen LogP contribution in [0.1, 0.15) is 38.4 Å². The lowest BCUT2D eigenvalue weighted by molar-refractivity contribution is 0.239. The van der Waals surface area contributed by atoms with Crippen molar-refractivity contribution in [3.8, 4) is 11.4 Å². The first-order valence-corrected chi connectivity index (χ1v) is 8.57. The van der Waals surface area contributed by atoms with Gasteiger partial charge in [-0.15, -0.1) is 5.10 Å². The van der Waals surface area contributed by atoms with E-state index < -0.39 is 0 Å². The Morgan fingerprint density at radius 3 is 2.68 bits per heavy atom. The van der Waals surface area contributed by atoms with E-state index in [-0.39, 0.29) is 12.1 Å². The number of ether oxygens (including phenoxy) is 1. The minimum Gasteiger partial charge on any atom is -0.494 e. The van der Waals surface area contributed by atoms with Crippen LogP contribution in [0.4, 0.5) is 10.5 Å². The van der Waals surface area contributed by atoms with E-state index in [1.807, 2.05) is 0 Å². The number of aryl methyl sites for hydroxylation is 1. The third-order valence-corrected chi connectivity index (χ3v) is 4.64. The molecule has 1 aromatic heterocycles. The minimum absolute atomic E-state index is 0.191. The second kappa shape index (κ2) is 7.50. The molecule has 1 aliphatic carbocycles. The summed E-state index contributed by atoms with van der Waals surface area (Å²) in [6.07, 6.45) is 4.39. The number of benzene rings is 1. The van der Waals surface area contributed by atoms with Gasteiger partial charge in [-0.1, -0.05) is 6.92 Å². The Bertz CT molecular complexity index is 736. The molecule has 2 amide bonds. The number of amides is 2. The molecule has 1 fully saturated rings. The van der Waals surface area contributed by atoms with Crippen LogP contribution >= 0.6 is 0 Å². The number of hydrogen-bond donors (Lipinski definition) is 2. The number of methoxy groups -OCH3 is 1. The van der Waals surface area contributed by atoms with E-state index in [9.17, 15) is 4.79 Å². The van der Waals surface area contributed by atoms with Crippen LogP contribution in [-0.4, -0.2) is 39.4 Å². The summed E-state index contributed by atoms with van der Waals surface area (Å²) in [6, 6.07) is 5.43. The topological polar surface area (TPSA) is 94.0 Å². The average Bonchev–Trinajstić information content (AvgIpc) is 3.02. The quantitative estimate of drug-likeness (QED) is 0.889. The van der Waals surface area contributed by atoms with Crippen molar-refractivity contribution >= 4 is 11.7 Å². The zero-order valence-electron chi connectivity index (χ0n) is 14.8. The monoisotopic (exact) mass is 344 g/mol. The Labute approximate surface area is 146 Å². The smallest absolute Gasteiger partial charge is 0.319 e. The molecule has 0 atom stereocenters. The molecular formula is C17H24N6O2. The van der Waals surface area contributed by atoms with Crippen LogP contribution in [0.5, 0.6) is 5.75 Å². The second-order valence-electron chi connectivity index (χ2n) is 6.58. The van der Waals surface area contributed by atoms with Gasteiger partial charge in [0.15, 0.2) is 5.82 Å². The number of hydrogen-bond acceptors (Lipinski definition) is 5. The first-order chi connectivity index (χ1) is 12.1. The number of aromatic nitrogens is 4. The van der Waals surface area contributed by atoms with Crippen LogP contribution in [0.25, 0.3) is 5.69 Å². The molecule has 1 aliphatic rings. The van der Waals surface area contributed by atoms with Crippen molar-refractivity contribution in [2.45, 2.75) is 45.6 Å². The van der Waals surface area contributed by atoms with E-state index in [0.29, 0.717) is 22.9 Å². The molecule has 0 unspecified atom stereocenters. The Balaban J connectivity index is 1.70. The van der Waals surface area contributed by atoms with Gasteiger partial charge < -0.3 is 15.4 Å². The van der Waals surface area contributed by atoms with Crippen molar-refractivity contribution in [2.75, 3.05) is 12.4 Å². The van der Waals surface area contributed by atoms with Gasteiger partial charge in [0.1, 0.15) is 11.4 Å². The van der Waals surface area contributed by atoms with E-state index in [1.54, 1.807) is 36.9 Å². The lowest BCUT2D eigenvalue weighted by Gasteiger charge is -2.27. The fourth-order valence-electron chi connectivity index (χ4n) is 3.14. The molecule has 25 heavy (non-hydrogen) atoms. The Hall–Kier alpha value is -2.64. The van der Waals surface area contributed by atoms with Gasteiger partial charge in [-0.2, -0.15) is 4.68 Å². The lowest BCUT2D eigenvalue weighted by Crippen LogP contribution is -2.39. The fourth-order valence-corrected chi connectivity index (χ4v) is 3.14. The Kier molecular flexibility index (Phi) is 5.16. The van der Waals surface area contributed by atoms with Gasteiger partial charge in [0.2, 0.25) is 0 Å². The molecule has 1 aromatic carbocycles. The SMILES string of the molecule is COc1ccc(NC(=O)NC2CCC(C)CC2)cc1-n1nnnc1C. The largest absolute Gasteiger partial charge is 0.494 e. The van der Waals surface area contributed by atoms with Gasteiger partial charge in [0, 0.05) is 11.7 Å². The molecule has 3 rings (SSSR count).